The fraction of sp³-hybridized carbons (Fsp3) is 0.533. The van der Waals surface area contributed by atoms with Crippen molar-refractivity contribution in [3.05, 3.63) is 35.4 Å². The SMILES string of the molecule is CC(=O)OCCCC1CCCc2ccccc21. The molecule has 0 heterocycles. The Morgan fingerprint density at radius 1 is 1.41 bits per heavy atom. The number of hydrogen-bond acceptors (Lipinski definition) is 2. The number of rotatable bonds is 4. The van der Waals surface area contributed by atoms with Crippen LogP contribution in [0.15, 0.2) is 24.3 Å². The number of hydrogen-bond donors (Lipinski definition) is 0. The average molecular weight is 232 g/mol. The number of ether oxygens (including phenoxy) is 1. The first-order chi connectivity index (χ1) is 8.27. The van der Waals surface area contributed by atoms with Gasteiger partial charge in [-0.1, -0.05) is 24.3 Å². The summed E-state index contributed by atoms with van der Waals surface area (Å²) in [5.41, 5.74) is 3.03. The highest BCUT2D eigenvalue weighted by molar-refractivity contribution is 5.65. The molecule has 92 valence electrons. The van der Waals surface area contributed by atoms with E-state index in [0.717, 1.165) is 12.8 Å². The molecule has 0 saturated heterocycles. The van der Waals surface area contributed by atoms with Crippen LogP contribution in [-0.4, -0.2) is 12.6 Å². The Bertz CT molecular complexity index is 384. The molecule has 0 spiro atoms. The molecule has 1 aromatic rings. The van der Waals surface area contributed by atoms with Crippen molar-refractivity contribution in [2.75, 3.05) is 6.61 Å². The molecule has 1 atom stereocenters. The molecule has 0 bridgehead atoms. The maximum absolute atomic E-state index is 10.7. The second-order valence-electron chi connectivity index (χ2n) is 4.77. The topological polar surface area (TPSA) is 26.3 Å². The molecule has 0 aliphatic heterocycles. The van der Waals surface area contributed by atoms with Crippen molar-refractivity contribution in [3.63, 3.8) is 0 Å². The maximum atomic E-state index is 10.7. The van der Waals surface area contributed by atoms with Crippen LogP contribution >= 0.6 is 0 Å². The van der Waals surface area contributed by atoms with Gasteiger partial charge in [-0.2, -0.15) is 0 Å². The average Bonchev–Trinajstić information content (AvgIpc) is 2.34. The summed E-state index contributed by atoms with van der Waals surface area (Å²) in [5, 5.41) is 0. The number of benzene rings is 1. The standard InChI is InChI=1S/C15H20O2/c1-12(16)17-11-5-9-14-8-4-7-13-6-2-3-10-15(13)14/h2-3,6,10,14H,4-5,7-9,11H2,1H3. The highest BCUT2D eigenvalue weighted by atomic mass is 16.5. The first-order valence-electron chi connectivity index (χ1n) is 6.48. The lowest BCUT2D eigenvalue weighted by atomic mass is 9.80. The van der Waals surface area contributed by atoms with Crippen molar-refractivity contribution in [2.45, 2.75) is 44.9 Å². The molecule has 0 fully saturated rings. The van der Waals surface area contributed by atoms with Crippen LogP contribution in [-0.2, 0) is 16.0 Å². The van der Waals surface area contributed by atoms with Crippen LogP contribution in [0.3, 0.4) is 0 Å². The quantitative estimate of drug-likeness (QED) is 0.587. The summed E-state index contributed by atoms with van der Waals surface area (Å²) >= 11 is 0. The molecule has 0 N–H and O–H groups in total. The fourth-order valence-electron chi connectivity index (χ4n) is 2.70. The van der Waals surface area contributed by atoms with Gasteiger partial charge in [0.15, 0.2) is 0 Å². The molecule has 17 heavy (non-hydrogen) atoms. The van der Waals surface area contributed by atoms with E-state index < -0.39 is 0 Å². The van der Waals surface area contributed by atoms with Gasteiger partial charge in [0.1, 0.15) is 0 Å². The molecular weight excluding hydrogens is 212 g/mol. The number of aryl methyl sites for hydroxylation is 1. The van der Waals surface area contributed by atoms with Crippen LogP contribution in [0.5, 0.6) is 0 Å². The van der Waals surface area contributed by atoms with Gasteiger partial charge in [-0.15, -0.1) is 0 Å². The van der Waals surface area contributed by atoms with Crippen molar-refractivity contribution >= 4 is 5.97 Å². The molecule has 2 heteroatoms. The van der Waals surface area contributed by atoms with Crippen LogP contribution in [0.2, 0.25) is 0 Å². The largest absolute Gasteiger partial charge is 0.466 e. The minimum absolute atomic E-state index is 0.172. The van der Waals surface area contributed by atoms with Gasteiger partial charge in [0.05, 0.1) is 6.61 Å². The minimum Gasteiger partial charge on any atom is -0.466 e. The summed E-state index contributed by atoms with van der Waals surface area (Å²) in [6.45, 7) is 2.03. The van der Waals surface area contributed by atoms with Crippen molar-refractivity contribution in [1.82, 2.24) is 0 Å². The molecule has 2 rings (SSSR count). The van der Waals surface area contributed by atoms with Crippen molar-refractivity contribution in [3.8, 4) is 0 Å². The van der Waals surface area contributed by atoms with Crippen molar-refractivity contribution in [2.24, 2.45) is 0 Å². The maximum Gasteiger partial charge on any atom is 0.302 e. The molecule has 1 unspecified atom stereocenters. The Balaban J connectivity index is 1.88. The Labute approximate surface area is 103 Å². The van der Waals surface area contributed by atoms with Crippen LogP contribution in [0.4, 0.5) is 0 Å². The van der Waals surface area contributed by atoms with Gasteiger partial charge >= 0.3 is 5.97 Å². The summed E-state index contributed by atoms with van der Waals surface area (Å²) in [5.74, 6) is 0.490. The predicted molar refractivity (Wildman–Crippen MR) is 68.0 cm³/mol. The van der Waals surface area contributed by atoms with Crippen LogP contribution in [0.1, 0.15) is 49.7 Å². The Kier molecular flexibility index (Phi) is 4.18. The molecule has 1 aromatic carbocycles. The molecule has 2 nitrogen and oxygen atoms in total. The van der Waals surface area contributed by atoms with Crippen LogP contribution in [0, 0.1) is 0 Å². The van der Waals surface area contributed by atoms with E-state index in [4.69, 9.17) is 4.74 Å². The summed E-state index contributed by atoms with van der Waals surface area (Å²) < 4.78 is 4.98. The Morgan fingerprint density at radius 2 is 2.24 bits per heavy atom. The number of carbonyl (C=O) groups is 1. The molecule has 1 aliphatic rings. The van der Waals surface area contributed by atoms with Gasteiger partial charge in [-0.3, -0.25) is 4.79 Å². The lowest BCUT2D eigenvalue weighted by Crippen LogP contribution is -2.11. The zero-order chi connectivity index (χ0) is 12.1. The molecule has 0 aromatic heterocycles. The Hall–Kier alpha value is -1.31. The fourth-order valence-corrected chi connectivity index (χ4v) is 2.70. The summed E-state index contributed by atoms with van der Waals surface area (Å²) in [6.07, 6.45) is 5.88. The molecule has 1 aliphatic carbocycles. The lowest BCUT2D eigenvalue weighted by Gasteiger charge is -2.25. The number of carbonyl (C=O) groups excluding carboxylic acids is 1. The number of esters is 1. The minimum atomic E-state index is -0.172. The van der Waals surface area contributed by atoms with E-state index >= 15 is 0 Å². The van der Waals surface area contributed by atoms with Gasteiger partial charge in [-0.25, -0.2) is 0 Å². The number of fused-ring (bicyclic) bond motifs is 1. The van der Waals surface area contributed by atoms with Crippen LogP contribution < -0.4 is 0 Å². The van der Waals surface area contributed by atoms with E-state index in [9.17, 15) is 4.79 Å². The van der Waals surface area contributed by atoms with Gasteiger partial charge in [0, 0.05) is 6.92 Å². The van der Waals surface area contributed by atoms with Gasteiger partial charge in [0.2, 0.25) is 0 Å². The van der Waals surface area contributed by atoms with E-state index in [0.29, 0.717) is 12.5 Å². The highest BCUT2D eigenvalue weighted by Gasteiger charge is 2.19. The third-order valence-corrected chi connectivity index (χ3v) is 3.50. The second-order valence-corrected chi connectivity index (χ2v) is 4.77. The normalized spacial score (nSPS) is 18.5. The zero-order valence-corrected chi connectivity index (χ0v) is 10.4. The third-order valence-electron chi connectivity index (χ3n) is 3.50. The predicted octanol–water partition coefficient (Wildman–Crippen LogP) is 3.45. The van der Waals surface area contributed by atoms with Gasteiger partial charge < -0.3 is 4.74 Å². The third kappa shape index (κ3) is 3.32. The molecule has 0 saturated carbocycles. The van der Waals surface area contributed by atoms with E-state index in [2.05, 4.69) is 24.3 Å². The van der Waals surface area contributed by atoms with E-state index in [1.165, 1.54) is 37.3 Å². The molecule has 0 radical (unpaired) electrons. The van der Waals surface area contributed by atoms with E-state index in [1.54, 1.807) is 0 Å². The first kappa shape index (κ1) is 12.2. The van der Waals surface area contributed by atoms with Gasteiger partial charge in [-0.05, 0) is 49.1 Å². The zero-order valence-electron chi connectivity index (χ0n) is 10.4. The lowest BCUT2D eigenvalue weighted by molar-refractivity contribution is -0.141. The monoisotopic (exact) mass is 232 g/mol. The van der Waals surface area contributed by atoms with Crippen LogP contribution in [0.25, 0.3) is 0 Å². The van der Waals surface area contributed by atoms with Gasteiger partial charge in [0.25, 0.3) is 0 Å². The summed E-state index contributed by atoms with van der Waals surface area (Å²) in [4.78, 5) is 10.7. The van der Waals surface area contributed by atoms with E-state index in [1.807, 2.05) is 0 Å². The van der Waals surface area contributed by atoms with E-state index in [-0.39, 0.29) is 5.97 Å². The first-order valence-corrected chi connectivity index (χ1v) is 6.48. The van der Waals surface area contributed by atoms with Crippen molar-refractivity contribution < 1.29 is 9.53 Å². The molecular formula is C15H20O2. The highest BCUT2D eigenvalue weighted by Crippen LogP contribution is 2.34. The Morgan fingerprint density at radius 3 is 3.06 bits per heavy atom. The summed E-state index contributed by atoms with van der Waals surface area (Å²) in [7, 11) is 0. The summed E-state index contributed by atoms with van der Waals surface area (Å²) in [6, 6.07) is 8.75. The molecule has 0 amide bonds. The van der Waals surface area contributed by atoms with Crippen molar-refractivity contribution in [1.29, 1.82) is 0 Å². The smallest absolute Gasteiger partial charge is 0.302 e. The second kappa shape index (κ2) is 5.85.